The van der Waals surface area contributed by atoms with Crippen molar-refractivity contribution in [3.8, 4) is 0 Å². The lowest BCUT2D eigenvalue weighted by Crippen LogP contribution is -2.90. The fraction of sp³-hybridized carbons (Fsp3) is 0.500. The number of nitrogens with one attached hydrogen (secondary N) is 1. The van der Waals surface area contributed by atoms with Crippen LogP contribution >= 0.6 is 0 Å². The third-order valence-electron chi connectivity index (χ3n) is 12.7. The lowest BCUT2D eigenvalue weighted by molar-refractivity contribution is -0.420. The lowest BCUT2D eigenvalue weighted by atomic mass is 9.13. The summed E-state index contributed by atoms with van der Waals surface area (Å²) < 4.78 is 2.09. The number of likely N-dealkylation sites (tertiary alicyclic amines) is 1. The second-order valence-corrected chi connectivity index (χ2v) is 14.1. The zero-order valence-electron chi connectivity index (χ0n) is 23.9. The maximum atomic E-state index is 13.6. The van der Waals surface area contributed by atoms with Crippen molar-refractivity contribution in [2.45, 2.75) is 57.0 Å². The molecule has 0 radical (unpaired) electrons. The molecule has 10 rings (SSSR count). The van der Waals surface area contributed by atoms with Crippen molar-refractivity contribution >= 4 is 40.1 Å². The van der Waals surface area contributed by atoms with Crippen molar-refractivity contribution in [1.29, 1.82) is 0 Å². The van der Waals surface area contributed by atoms with E-state index in [1.807, 2.05) is 36.5 Å². The second-order valence-electron chi connectivity index (χ2n) is 14.1. The Morgan fingerprint density at radius 3 is 2.56 bits per heavy atom. The van der Waals surface area contributed by atoms with Crippen LogP contribution in [0.2, 0.25) is 0 Å². The molecule has 4 aliphatic carbocycles. The molecule has 218 valence electrons. The molecular formula is C34H33N5O4. The molecule has 3 aromatic rings. The van der Waals surface area contributed by atoms with Crippen LogP contribution in [0.15, 0.2) is 42.7 Å². The monoisotopic (exact) mass is 575 g/mol. The molecule has 6 fully saturated rings. The molecule has 7 aliphatic rings. The highest BCUT2D eigenvalue weighted by atomic mass is 16.2. The molecule has 5 unspecified atom stereocenters. The van der Waals surface area contributed by atoms with Crippen LogP contribution < -0.4 is 10.2 Å². The molecule has 9 nitrogen and oxygen atoms in total. The SMILES string of the molecule is O=C1CCC(N2C(=O)c3cccc4c(Cc5cnn(C6CCN(C(=O)C78C9CC7C7CC9C78)CC6)c5)ccc2c34)C(=O)N1. The molecule has 43 heavy (non-hydrogen) atoms. The first kappa shape index (κ1) is 24.4. The van der Waals surface area contributed by atoms with Gasteiger partial charge in [-0.2, -0.15) is 5.10 Å². The first-order valence-electron chi connectivity index (χ1n) is 16.0. The molecule has 4 amide bonds. The zero-order chi connectivity index (χ0) is 28.8. The fourth-order valence-electron chi connectivity index (χ4n) is 10.8. The molecule has 1 aromatic heterocycles. The Labute approximate surface area is 248 Å². The van der Waals surface area contributed by atoms with Gasteiger partial charge in [0.25, 0.3) is 5.91 Å². The summed E-state index contributed by atoms with van der Waals surface area (Å²) in [7, 11) is 0. The van der Waals surface area contributed by atoms with Gasteiger partial charge in [0.05, 0.1) is 23.3 Å². The number of hydrogen-bond acceptors (Lipinski definition) is 5. The van der Waals surface area contributed by atoms with Crippen molar-refractivity contribution in [2.24, 2.45) is 35.0 Å². The van der Waals surface area contributed by atoms with E-state index in [1.165, 1.54) is 12.8 Å². The van der Waals surface area contributed by atoms with Gasteiger partial charge in [-0.3, -0.25) is 34.1 Å². The van der Waals surface area contributed by atoms with Crippen LogP contribution in [0.1, 0.15) is 66.1 Å². The van der Waals surface area contributed by atoms with Crippen LogP contribution in [0.3, 0.4) is 0 Å². The predicted molar refractivity (Wildman–Crippen MR) is 156 cm³/mol. The molecule has 5 atom stereocenters. The molecule has 0 bridgehead atoms. The molecule has 2 saturated heterocycles. The van der Waals surface area contributed by atoms with E-state index in [1.54, 1.807) is 4.90 Å². The summed E-state index contributed by atoms with van der Waals surface area (Å²) in [5, 5.41) is 9.00. The fourth-order valence-corrected chi connectivity index (χ4v) is 10.8. The van der Waals surface area contributed by atoms with Crippen LogP contribution in [0.25, 0.3) is 10.8 Å². The first-order valence-corrected chi connectivity index (χ1v) is 16.0. The summed E-state index contributed by atoms with van der Waals surface area (Å²) in [4.78, 5) is 55.2. The van der Waals surface area contributed by atoms with Crippen LogP contribution in [-0.4, -0.2) is 57.4 Å². The summed E-state index contributed by atoms with van der Waals surface area (Å²) in [5.41, 5.74) is 3.61. The Bertz CT molecular complexity index is 1770. The number of piperidine rings is 2. The van der Waals surface area contributed by atoms with Crippen molar-refractivity contribution in [3.05, 3.63) is 59.4 Å². The van der Waals surface area contributed by atoms with Gasteiger partial charge in [0.2, 0.25) is 17.7 Å². The number of fused-ring (bicyclic) bond motifs is 2. The quantitative estimate of drug-likeness (QED) is 0.470. The van der Waals surface area contributed by atoms with Gasteiger partial charge >= 0.3 is 0 Å². The highest BCUT2D eigenvalue weighted by Gasteiger charge is 2.90. The van der Waals surface area contributed by atoms with Gasteiger partial charge in [-0.15, -0.1) is 0 Å². The van der Waals surface area contributed by atoms with E-state index in [9.17, 15) is 19.2 Å². The van der Waals surface area contributed by atoms with Crippen LogP contribution in [-0.2, 0) is 20.8 Å². The molecule has 1 N–H and O–H groups in total. The molecule has 9 heteroatoms. The van der Waals surface area contributed by atoms with Gasteiger partial charge in [-0.25, -0.2) is 0 Å². The Balaban J connectivity index is 0.856. The third kappa shape index (κ3) is 2.87. The number of imide groups is 1. The number of carbonyl (C=O) groups excluding carboxylic acids is 4. The highest BCUT2D eigenvalue weighted by Crippen LogP contribution is 2.91. The average molecular weight is 576 g/mol. The Hall–Kier alpha value is -4.01. The standard InChI is InChI=1S/C34H33N5O4/c40-28-7-6-27(31(41)36-28)39-26-5-4-18(20-2-1-3-21(29(20)26)32(39)42)12-17-15-35-38(16-17)19-8-10-37(11-9-19)33(43)34-24-14-25(34)23-13-22(24)30(23)34/h1-5,15-16,19,22-25,27,30H,6-14H2,(H,36,40,41). The van der Waals surface area contributed by atoms with E-state index in [4.69, 9.17) is 5.10 Å². The largest absolute Gasteiger partial charge is 0.342 e. The Morgan fingerprint density at radius 1 is 1.00 bits per heavy atom. The number of anilines is 1. The predicted octanol–water partition coefficient (Wildman–Crippen LogP) is 3.46. The summed E-state index contributed by atoms with van der Waals surface area (Å²) in [6.45, 7) is 1.66. The number of hydrogen-bond donors (Lipinski definition) is 1. The number of amides is 4. The van der Waals surface area contributed by atoms with E-state index in [0.29, 0.717) is 42.2 Å². The van der Waals surface area contributed by atoms with Crippen molar-refractivity contribution in [1.82, 2.24) is 20.0 Å². The van der Waals surface area contributed by atoms with E-state index in [0.717, 1.165) is 71.3 Å². The van der Waals surface area contributed by atoms with Gasteiger partial charge in [0, 0.05) is 43.1 Å². The van der Waals surface area contributed by atoms with Crippen molar-refractivity contribution in [2.75, 3.05) is 18.0 Å². The van der Waals surface area contributed by atoms with Crippen LogP contribution in [0, 0.1) is 35.0 Å². The molecule has 4 heterocycles. The Kier molecular flexibility index (Phi) is 4.62. The number of carbonyl (C=O) groups is 4. The maximum absolute atomic E-state index is 13.6. The summed E-state index contributed by atoms with van der Waals surface area (Å²) in [6, 6.07) is 9.35. The van der Waals surface area contributed by atoms with Gasteiger partial charge in [0.15, 0.2) is 0 Å². The molecular weight excluding hydrogens is 542 g/mol. The molecule has 4 saturated carbocycles. The van der Waals surface area contributed by atoms with E-state index in [-0.39, 0.29) is 23.7 Å². The Morgan fingerprint density at radius 2 is 1.81 bits per heavy atom. The second kappa shape index (κ2) is 8.12. The van der Waals surface area contributed by atoms with E-state index < -0.39 is 11.9 Å². The van der Waals surface area contributed by atoms with Crippen molar-refractivity contribution in [3.63, 3.8) is 0 Å². The number of nitrogens with zero attached hydrogens (tertiary/aromatic N) is 4. The van der Waals surface area contributed by atoms with Crippen LogP contribution in [0.5, 0.6) is 0 Å². The third-order valence-corrected chi connectivity index (χ3v) is 12.7. The zero-order valence-corrected chi connectivity index (χ0v) is 23.9. The van der Waals surface area contributed by atoms with E-state index in [2.05, 4.69) is 21.1 Å². The highest BCUT2D eigenvalue weighted by molar-refractivity contribution is 6.27. The van der Waals surface area contributed by atoms with Gasteiger partial charge in [-0.1, -0.05) is 18.2 Å². The first-order chi connectivity index (χ1) is 20.9. The summed E-state index contributed by atoms with van der Waals surface area (Å²) in [5.74, 6) is 3.48. The van der Waals surface area contributed by atoms with Gasteiger partial charge in [0.1, 0.15) is 6.04 Å². The number of rotatable bonds is 5. The lowest BCUT2D eigenvalue weighted by Gasteiger charge is -2.90. The summed E-state index contributed by atoms with van der Waals surface area (Å²) in [6.07, 6.45) is 9.90. The minimum atomic E-state index is -0.689. The molecule has 2 aromatic carbocycles. The van der Waals surface area contributed by atoms with Crippen LogP contribution in [0.4, 0.5) is 5.69 Å². The molecule has 3 aliphatic heterocycles. The number of benzene rings is 2. The van der Waals surface area contributed by atoms with Crippen molar-refractivity contribution < 1.29 is 19.2 Å². The van der Waals surface area contributed by atoms with Gasteiger partial charge < -0.3 is 4.90 Å². The van der Waals surface area contributed by atoms with E-state index >= 15 is 0 Å². The smallest absolute Gasteiger partial charge is 0.259 e. The normalized spacial score (nSPS) is 35.1. The average Bonchev–Trinajstić information content (AvgIpc) is 3.60. The van der Waals surface area contributed by atoms with Gasteiger partial charge in [-0.05, 0) is 90.3 Å². The topological polar surface area (TPSA) is 105 Å². The maximum Gasteiger partial charge on any atom is 0.259 e. The number of aromatic nitrogens is 2. The minimum absolute atomic E-state index is 0.0719. The summed E-state index contributed by atoms with van der Waals surface area (Å²) >= 11 is 0. The minimum Gasteiger partial charge on any atom is -0.342 e. The molecule has 0 spiro atoms.